The van der Waals surface area contributed by atoms with Gasteiger partial charge >= 0.3 is 0 Å². The van der Waals surface area contributed by atoms with Crippen LogP contribution in [0.2, 0.25) is 0 Å². The van der Waals surface area contributed by atoms with Crippen LogP contribution in [-0.4, -0.2) is 15.7 Å². The van der Waals surface area contributed by atoms with Crippen molar-refractivity contribution in [3.8, 4) is 0 Å². The third kappa shape index (κ3) is 3.51. The zero-order valence-corrected chi connectivity index (χ0v) is 9.90. The van der Waals surface area contributed by atoms with Crippen molar-refractivity contribution in [3.63, 3.8) is 0 Å². The summed E-state index contributed by atoms with van der Waals surface area (Å²) in [7, 11) is 0. The van der Waals surface area contributed by atoms with Crippen LogP contribution in [0.4, 0.5) is 4.39 Å². The van der Waals surface area contributed by atoms with Crippen molar-refractivity contribution in [1.82, 2.24) is 9.97 Å². The highest BCUT2D eigenvalue weighted by Crippen LogP contribution is 2.21. The van der Waals surface area contributed by atoms with Crippen molar-refractivity contribution in [1.29, 1.82) is 0 Å². The van der Waals surface area contributed by atoms with Gasteiger partial charge in [-0.1, -0.05) is 12.1 Å². The van der Waals surface area contributed by atoms with Gasteiger partial charge < -0.3 is 5.73 Å². The Labute approximate surface area is 103 Å². The van der Waals surface area contributed by atoms with Gasteiger partial charge in [-0.25, -0.2) is 14.4 Å². The maximum absolute atomic E-state index is 13.0. The van der Waals surface area contributed by atoms with Gasteiger partial charge in [0.2, 0.25) is 0 Å². The molecule has 1 atom stereocenters. The zero-order chi connectivity index (χ0) is 12.1. The number of aromatic nitrogens is 2. The lowest BCUT2D eigenvalue weighted by molar-refractivity contribution is 0.622. The second-order valence-electron chi connectivity index (χ2n) is 3.52. The van der Waals surface area contributed by atoms with Crippen LogP contribution in [0.5, 0.6) is 0 Å². The summed E-state index contributed by atoms with van der Waals surface area (Å²) in [4.78, 5) is 7.92. The van der Waals surface area contributed by atoms with E-state index in [1.54, 1.807) is 12.3 Å². The first kappa shape index (κ1) is 12.0. The van der Waals surface area contributed by atoms with Gasteiger partial charge in [0.05, 0.1) is 5.03 Å². The van der Waals surface area contributed by atoms with E-state index >= 15 is 0 Å². The molecule has 0 radical (unpaired) electrons. The van der Waals surface area contributed by atoms with Crippen LogP contribution in [0.15, 0.2) is 47.9 Å². The molecule has 0 saturated heterocycles. The van der Waals surface area contributed by atoms with Gasteiger partial charge in [-0.15, -0.1) is 11.8 Å². The van der Waals surface area contributed by atoms with Crippen molar-refractivity contribution < 1.29 is 4.39 Å². The number of rotatable bonds is 4. The van der Waals surface area contributed by atoms with Gasteiger partial charge in [0.1, 0.15) is 12.1 Å². The molecule has 0 bridgehead atoms. The molecule has 2 rings (SSSR count). The largest absolute Gasteiger partial charge is 0.323 e. The molecule has 1 aromatic heterocycles. The summed E-state index contributed by atoms with van der Waals surface area (Å²) in [5, 5.41) is 0.867. The van der Waals surface area contributed by atoms with Crippen LogP contribution < -0.4 is 5.73 Å². The van der Waals surface area contributed by atoms with Gasteiger partial charge in [0, 0.05) is 18.0 Å². The Bertz CT molecular complexity index is 478. The lowest BCUT2D eigenvalue weighted by atomic mass is 10.1. The highest BCUT2D eigenvalue weighted by atomic mass is 32.2. The summed E-state index contributed by atoms with van der Waals surface area (Å²) in [5.74, 6) is 0.394. The molecular formula is C12H12FN3S. The second-order valence-corrected chi connectivity index (χ2v) is 4.56. The van der Waals surface area contributed by atoms with Crippen LogP contribution in [0.1, 0.15) is 11.6 Å². The van der Waals surface area contributed by atoms with Crippen LogP contribution in [0, 0.1) is 5.82 Å². The molecule has 0 aliphatic heterocycles. The molecule has 3 nitrogen and oxygen atoms in total. The summed E-state index contributed by atoms with van der Waals surface area (Å²) in [5.41, 5.74) is 6.78. The summed E-state index contributed by atoms with van der Waals surface area (Å²) in [6, 6.07) is 7.99. The average Bonchev–Trinajstić information content (AvgIpc) is 2.37. The molecule has 88 valence electrons. The van der Waals surface area contributed by atoms with Gasteiger partial charge in [-0.3, -0.25) is 0 Å². The van der Waals surface area contributed by atoms with E-state index < -0.39 is 0 Å². The van der Waals surface area contributed by atoms with Crippen molar-refractivity contribution in [2.45, 2.75) is 11.1 Å². The summed E-state index contributed by atoms with van der Waals surface area (Å²) >= 11 is 1.53. The standard InChI is InChI=1S/C12H12FN3S/c13-10-3-1-2-9(6-10)11(14)7-17-12-4-5-15-8-16-12/h1-6,8,11H,7,14H2. The number of benzene rings is 1. The summed E-state index contributed by atoms with van der Waals surface area (Å²) in [6.07, 6.45) is 3.18. The van der Waals surface area contributed by atoms with Crippen molar-refractivity contribution >= 4 is 11.8 Å². The van der Waals surface area contributed by atoms with E-state index in [2.05, 4.69) is 9.97 Å². The van der Waals surface area contributed by atoms with E-state index in [-0.39, 0.29) is 11.9 Å². The molecule has 0 saturated carbocycles. The van der Waals surface area contributed by atoms with E-state index in [0.717, 1.165) is 10.6 Å². The first-order valence-electron chi connectivity index (χ1n) is 5.15. The monoisotopic (exact) mass is 249 g/mol. The Morgan fingerprint density at radius 2 is 2.24 bits per heavy atom. The fourth-order valence-electron chi connectivity index (χ4n) is 1.37. The molecular weight excluding hydrogens is 237 g/mol. The lowest BCUT2D eigenvalue weighted by Gasteiger charge is -2.11. The lowest BCUT2D eigenvalue weighted by Crippen LogP contribution is -2.13. The first-order chi connectivity index (χ1) is 8.25. The topological polar surface area (TPSA) is 51.8 Å². The Morgan fingerprint density at radius 1 is 1.35 bits per heavy atom. The highest BCUT2D eigenvalue weighted by Gasteiger charge is 2.07. The molecule has 2 N–H and O–H groups in total. The fourth-order valence-corrected chi connectivity index (χ4v) is 2.19. The maximum atomic E-state index is 13.0. The van der Waals surface area contributed by atoms with Crippen LogP contribution in [-0.2, 0) is 0 Å². The van der Waals surface area contributed by atoms with Crippen LogP contribution >= 0.6 is 11.8 Å². The zero-order valence-electron chi connectivity index (χ0n) is 9.08. The fraction of sp³-hybridized carbons (Fsp3) is 0.167. The number of nitrogens with zero attached hydrogens (tertiary/aromatic N) is 2. The number of hydrogen-bond acceptors (Lipinski definition) is 4. The summed E-state index contributed by atoms with van der Waals surface area (Å²) < 4.78 is 13.0. The third-order valence-corrected chi connectivity index (χ3v) is 3.31. The maximum Gasteiger partial charge on any atom is 0.123 e. The minimum atomic E-state index is -0.259. The number of thioether (sulfide) groups is 1. The van der Waals surface area contributed by atoms with Gasteiger partial charge in [-0.2, -0.15) is 0 Å². The Hall–Kier alpha value is -1.46. The quantitative estimate of drug-likeness (QED) is 0.668. The van der Waals surface area contributed by atoms with E-state index in [4.69, 9.17) is 5.73 Å². The molecule has 0 fully saturated rings. The molecule has 1 aromatic carbocycles. The van der Waals surface area contributed by atoms with Crippen LogP contribution in [0.25, 0.3) is 0 Å². The number of hydrogen-bond donors (Lipinski definition) is 1. The molecule has 5 heteroatoms. The highest BCUT2D eigenvalue weighted by molar-refractivity contribution is 7.99. The molecule has 17 heavy (non-hydrogen) atoms. The SMILES string of the molecule is NC(CSc1ccncn1)c1cccc(F)c1. The van der Waals surface area contributed by atoms with Crippen molar-refractivity contribution in [2.24, 2.45) is 5.73 Å². The van der Waals surface area contributed by atoms with Gasteiger partial charge in [0.15, 0.2) is 0 Å². The smallest absolute Gasteiger partial charge is 0.123 e. The number of halogens is 1. The normalized spacial score (nSPS) is 12.4. The Kier molecular flexibility index (Phi) is 4.06. The minimum absolute atomic E-state index is 0.203. The van der Waals surface area contributed by atoms with E-state index in [0.29, 0.717) is 5.75 Å². The minimum Gasteiger partial charge on any atom is -0.323 e. The molecule has 0 amide bonds. The first-order valence-corrected chi connectivity index (χ1v) is 6.14. The Morgan fingerprint density at radius 3 is 2.94 bits per heavy atom. The van der Waals surface area contributed by atoms with E-state index in [9.17, 15) is 4.39 Å². The van der Waals surface area contributed by atoms with Gasteiger partial charge in [-0.05, 0) is 23.8 Å². The average molecular weight is 249 g/mol. The van der Waals surface area contributed by atoms with Crippen molar-refractivity contribution in [3.05, 3.63) is 54.2 Å². The number of nitrogens with two attached hydrogens (primary N) is 1. The molecule has 2 aromatic rings. The summed E-state index contributed by atoms with van der Waals surface area (Å²) in [6.45, 7) is 0. The predicted octanol–water partition coefficient (Wildman–Crippen LogP) is 2.41. The van der Waals surface area contributed by atoms with E-state index in [1.165, 1.54) is 30.2 Å². The van der Waals surface area contributed by atoms with E-state index in [1.807, 2.05) is 12.1 Å². The van der Waals surface area contributed by atoms with Crippen molar-refractivity contribution in [2.75, 3.05) is 5.75 Å². The predicted molar refractivity (Wildman–Crippen MR) is 66.1 cm³/mol. The van der Waals surface area contributed by atoms with Crippen LogP contribution in [0.3, 0.4) is 0 Å². The molecule has 1 heterocycles. The molecule has 0 spiro atoms. The molecule has 0 aliphatic rings. The third-order valence-electron chi connectivity index (χ3n) is 2.24. The molecule has 0 aliphatic carbocycles. The second kappa shape index (κ2) is 5.75. The molecule has 1 unspecified atom stereocenters. The Balaban J connectivity index is 1.96. The van der Waals surface area contributed by atoms with Gasteiger partial charge in [0.25, 0.3) is 0 Å².